The van der Waals surface area contributed by atoms with Gasteiger partial charge in [-0.05, 0) is 54.1 Å². The number of esters is 1. The fourth-order valence-electron chi connectivity index (χ4n) is 2.37. The molecule has 136 valence electrons. The molecule has 0 unspecified atom stereocenters. The van der Waals surface area contributed by atoms with Crippen molar-refractivity contribution < 1.29 is 14.3 Å². The lowest BCUT2D eigenvalue weighted by Gasteiger charge is -2.09. The molecule has 3 rings (SSSR count). The van der Waals surface area contributed by atoms with E-state index in [-0.39, 0.29) is 11.6 Å². The zero-order chi connectivity index (χ0) is 19.1. The molecule has 0 aliphatic rings. The van der Waals surface area contributed by atoms with Crippen LogP contribution in [-0.4, -0.2) is 29.0 Å². The second-order valence-corrected chi connectivity index (χ2v) is 5.66. The van der Waals surface area contributed by atoms with Gasteiger partial charge in [-0.25, -0.2) is 4.79 Å². The molecule has 2 heterocycles. The van der Waals surface area contributed by atoms with Crippen LogP contribution in [0.3, 0.4) is 0 Å². The van der Waals surface area contributed by atoms with Crippen molar-refractivity contribution in [3.8, 4) is 0 Å². The van der Waals surface area contributed by atoms with Crippen LogP contribution in [0, 0.1) is 0 Å². The van der Waals surface area contributed by atoms with Crippen LogP contribution >= 0.6 is 0 Å². The molecule has 1 amide bonds. The van der Waals surface area contributed by atoms with Gasteiger partial charge in [-0.3, -0.25) is 14.8 Å². The van der Waals surface area contributed by atoms with Crippen molar-refractivity contribution >= 4 is 23.3 Å². The molecule has 0 saturated heterocycles. The van der Waals surface area contributed by atoms with Gasteiger partial charge in [0, 0.05) is 36.5 Å². The average molecular weight is 362 g/mol. The smallest absolute Gasteiger partial charge is 0.337 e. The Hall–Kier alpha value is -3.74. The molecule has 1 aromatic carbocycles. The molecule has 0 radical (unpaired) electrons. The number of methoxy groups -OCH3 is 1. The number of amides is 1. The van der Waals surface area contributed by atoms with Crippen molar-refractivity contribution in [3.63, 3.8) is 0 Å². The van der Waals surface area contributed by atoms with Gasteiger partial charge >= 0.3 is 5.97 Å². The van der Waals surface area contributed by atoms with Gasteiger partial charge in [0.05, 0.1) is 12.7 Å². The summed E-state index contributed by atoms with van der Waals surface area (Å²) in [6.45, 7) is 0.614. The summed E-state index contributed by atoms with van der Waals surface area (Å²) in [5, 5.41) is 6.00. The Morgan fingerprint density at radius 2 is 1.70 bits per heavy atom. The monoisotopic (exact) mass is 362 g/mol. The summed E-state index contributed by atoms with van der Waals surface area (Å²) >= 11 is 0. The van der Waals surface area contributed by atoms with Crippen LogP contribution in [0.4, 0.5) is 11.4 Å². The maximum Gasteiger partial charge on any atom is 0.337 e. The predicted octanol–water partition coefficient (Wildman–Crippen LogP) is 3.13. The largest absolute Gasteiger partial charge is 0.465 e. The van der Waals surface area contributed by atoms with E-state index in [4.69, 9.17) is 0 Å². The van der Waals surface area contributed by atoms with Gasteiger partial charge in [-0.1, -0.05) is 0 Å². The van der Waals surface area contributed by atoms with Gasteiger partial charge in [0.2, 0.25) is 0 Å². The minimum atomic E-state index is -0.428. The normalized spacial score (nSPS) is 10.1. The van der Waals surface area contributed by atoms with Crippen LogP contribution in [0.25, 0.3) is 0 Å². The molecule has 0 saturated carbocycles. The van der Waals surface area contributed by atoms with Gasteiger partial charge in [0.15, 0.2) is 0 Å². The highest BCUT2D eigenvalue weighted by Gasteiger charge is 2.10. The number of hydrogen-bond acceptors (Lipinski definition) is 6. The zero-order valence-corrected chi connectivity index (χ0v) is 14.7. The highest BCUT2D eigenvalue weighted by molar-refractivity contribution is 6.03. The zero-order valence-electron chi connectivity index (χ0n) is 14.7. The number of carbonyl (C=O) groups excluding carboxylic acids is 2. The van der Waals surface area contributed by atoms with Crippen LogP contribution in [-0.2, 0) is 11.3 Å². The second kappa shape index (κ2) is 8.57. The van der Waals surface area contributed by atoms with Crippen molar-refractivity contribution in [1.82, 2.24) is 9.97 Å². The number of nitrogens with zero attached hydrogens (tertiary/aromatic N) is 2. The number of pyridine rings is 2. The molecule has 0 bridgehead atoms. The third kappa shape index (κ3) is 4.88. The lowest BCUT2D eigenvalue weighted by molar-refractivity contribution is 0.0600. The summed E-state index contributed by atoms with van der Waals surface area (Å²) in [6, 6.07) is 13.7. The Balaban J connectivity index is 1.63. The molecule has 27 heavy (non-hydrogen) atoms. The molecule has 3 aromatic rings. The van der Waals surface area contributed by atoms with Gasteiger partial charge in [-0.15, -0.1) is 0 Å². The van der Waals surface area contributed by atoms with E-state index < -0.39 is 5.97 Å². The lowest BCUT2D eigenvalue weighted by atomic mass is 10.2. The van der Waals surface area contributed by atoms with E-state index in [0.29, 0.717) is 17.8 Å². The first-order chi connectivity index (χ1) is 13.2. The van der Waals surface area contributed by atoms with Gasteiger partial charge in [-0.2, -0.15) is 0 Å². The van der Waals surface area contributed by atoms with Crippen LogP contribution in [0.5, 0.6) is 0 Å². The maximum absolute atomic E-state index is 12.4. The Morgan fingerprint density at radius 1 is 0.963 bits per heavy atom. The van der Waals surface area contributed by atoms with E-state index in [1.165, 1.54) is 7.11 Å². The number of aromatic nitrogens is 2. The number of ether oxygens (including phenoxy) is 1. The Morgan fingerprint density at radius 3 is 2.41 bits per heavy atom. The summed E-state index contributed by atoms with van der Waals surface area (Å²) in [7, 11) is 1.32. The van der Waals surface area contributed by atoms with Gasteiger partial charge in [0.1, 0.15) is 5.69 Å². The highest BCUT2D eigenvalue weighted by Crippen LogP contribution is 2.14. The fourth-order valence-corrected chi connectivity index (χ4v) is 2.37. The standard InChI is InChI=1S/C20H18N4O3/c1-27-20(26)15-2-4-16(5-3-15)24-19(25)18-12-17(8-11-22-18)23-13-14-6-9-21-10-7-14/h2-12H,13H2,1H3,(H,22,23)(H,24,25). The molecular weight excluding hydrogens is 344 g/mol. The number of nitrogens with one attached hydrogen (secondary N) is 2. The van der Waals surface area contributed by atoms with E-state index >= 15 is 0 Å². The summed E-state index contributed by atoms with van der Waals surface area (Å²) in [5.74, 6) is -0.768. The predicted molar refractivity (Wildman–Crippen MR) is 102 cm³/mol. The number of benzene rings is 1. The molecule has 0 atom stereocenters. The Labute approximate surface area is 156 Å². The van der Waals surface area contributed by atoms with E-state index in [1.54, 1.807) is 55.0 Å². The maximum atomic E-state index is 12.4. The first-order valence-electron chi connectivity index (χ1n) is 8.24. The van der Waals surface area contributed by atoms with E-state index in [1.807, 2.05) is 12.1 Å². The van der Waals surface area contributed by atoms with Gasteiger partial charge < -0.3 is 15.4 Å². The summed E-state index contributed by atoms with van der Waals surface area (Å²) in [6.07, 6.45) is 5.03. The van der Waals surface area contributed by atoms with E-state index in [0.717, 1.165) is 11.3 Å². The van der Waals surface area contributed by atoms with Crippen molar-refractivity contribution in [2.24, 2.45) is 0 Å². The number of anilines is 2. The van der Waals surface area contributed by atoms with Crippen molar-refractivity contribution in [1.29, 1.82) is 0 Å². The third-order valence-electron chi connectivity index (χ3n) is 3.80. The number of hydrogen-bond donors (Lipinski definition) is 2. The quantitative estimate of drug-likeness (QED) is 0.655. The molecule has 7 nitrogen and oxygen atoms in total. The van der Waals surface area contributed by atoms with Crippen LogP contribution in [0.2, 0.25) is 0 Å². The van der Waals surface area contributed by atoms with Gasteiger partial charge in [0.25, 0.3) is 5.91 Å². The lowest BCUT2D eigenvalue weighted by Crippen LogP contribution is -2.14. The SMILES string of the molecule is COC(=O)c1ccc(NC(=O)c2cc(NCc3ccncc3)ccn2)cc1. The molecule has 7 heteroatoms. The first kappa shape index (κ1) is 18.1. The van der Waals surface area contributed by atoms with Crippen molar-refractivity contribution in [2.45, 2.75) is 6.54 Å². The van der Waals surface area contributed by atoms with Crippen LogP contribution < -0.4 is 10.6 Å². The Bertz CT molecular complexity index is 927. The third-order valence-corrected chi connectivity index (χ3v) is 3.80. The second-order valence-electron chi connectivity index (χ2n) is 5.66. The highest BCUT2D eigenvalue weighted by atomic mass is 16.5. The summed E-state index contributed by atoms with van der Waals surface area (Å²) in [5.41, 5.74) is 3.12. The molecule has 0 aliphatic heterocycles. The fraction of sp³-hybridized carbons (Fsp3) is 0.100. The first-order valence-corrected chi connectivity index (χ1v) is 8.24. The Kier molecular flexibility index (Phi) is 5.73. The van der Waals surface area contributed by atoms with E-state index in [2.05, 4.69) is 25.3 Å². The molecule has 0 aliphatic carbocycles. The number of rotatable bonds is 6. The molecule has 0 spiro atoms. The number of carbonyl (C=O) groups is 2. The molecule has 2 aromatic heterocycles. The molecule has 0 fully saturated rings. The minimum Gasteiger partial charge on any atom is -0.465 e. The summed E-state index contributed by atoms with van der Waals surface area (Å²) < 4.78 is 4.65. The van der Waals surface area contributed by atoms with Crippen LogP contribution in [0.15, 0.2) is 67.1 Å². The minimum absolute atomic E-state index is 0.284. The molecular formula is C20H18N4O3. The molecule has 2 N–H and O–H groups in total. The average Bonchev–Trinajstić information content (AvgIpc) is 2.73. The van der Waals surface area contributed by atoms with E-state index in [9.17, 15) is 9.59 Å². The van der Waals surface area contributed by atoms with Crippen molar-refractivity contribution in [2.75, 3.05) is 17.7 Å². The van der Waals surface area contributed by atoms with Crippen molar-refractivity contribution in [3.05, 3.63) is 83.9 Å². The van der Waals surface area contributed by atoms with Crippen LogP contribution in [0.1, 0.15) is 26.4 Å². The summed E-state index contributed by atoms with van der Waals surface area (Å²) in [4.78, 5) is 31.9. The topological polar surface area (TPSA) is 93.2 Å².